The molecule has 0 radical (unpaired) electrons. The molecule has 0 aliphatic heterocycles. The number of benzene rings is 8. The van der Waals surface area contributed by atoms with Gasteiger partial charge in [-0.15, -0.1) is 11.3 Å². The van der Waals surface area contributed by atoms with Gasteiger partial charge in [0.2, 0.25) is 0 Å². The molecule has 0 fully saturated rings. The Morgan fingerprint density at radius 1 is 0.321 bits per heavy atom. The minimum absolute atomic E-state index is 0.606. The summed E-state index contributed by atoms with van der Waals surface area (Å²) < 4.78 is 8.78. The fraction of sp³-hybridized carbons (Fsp3) is 0. The van der Waals surface area contributed by atoms with Crippen LogP contribution in [0.4, 0.5) is 0 Å². The highest BCUT2D eigenvalue weighted by atomic mass is 32.1. The molecular weight excluding hydrogens is 703 g/mol. The average Bonchev–Trinajstić information content (AvgIpc) is 3.85. The third-order valence-electron chi connectivity index (χ3n) is 10.6. The predicted molar refractivity (Wildman–Crippen MR) is 233 cm³/mol. The number of fused-ring (bicyclic) bond motifs is 6. The zero-order valence-corrected chi connectivity index (χ0v) is 30.9. The highest BCUT2D eigenvalue weighted by Crippen LogP contribution is 2.42. The molecule has 0 aliphatic rings. The number of hydrogen-bond donors (Lipinski definition) is 0. The second-order valence-corrected chi connectivity index (χ2v) is 15.0. The Balaban J connectivity index is 1.01. The van der Waals surface area contributed by atoms with E-state index in [0.717, 1.165) is 44.2 Å². The average molecular weight is 734 g/mol. The lowest BCUT2D eigenvalue weighted by Gasteiger charge is -2.10. The Bertz CT molecular complexity index is 3240. The summed E-state index contributed by atoms with van der Waals surface area (Å²) in [4.78, 5) is 15.2. The quantitative estimate of drug-likeness (QED) is 0.171. The fourth-order valence-corrected chi connectivity index (χ4v) is 8.97. The van der Waals surface area contributed by atoms with E-state index in [2.05, 4.69) is 127 Å². The van der Waals surface area contributed by atoms with E-state index < -0.39 is 0 Å². The monoisotopic (exact) mass is 733 g/mol. The first-order valence-electron chi connectivity index (χ1n) is 18.7. The Morgan fingerprint density at radius 2 is 0.875 bits per heavy atom. The van der Waals surface area contributed by atoms with Crippen molar-refractivity contribution in [3.8, 4) is 67.5 Å². The number of nitrogens with zero attached hydrogens (tertiary/aromatic N) is 3. The van der Waals surface area contributed by atoms with Crippen LogP contribution < -0.4 is 0 Å². The molecule has 0 N–H and O–H groups in total. The maximum Gasteiger partial charge on any atom is 0.164 e. The van der Waals surface area contributed by atoms with Gasteiger partial charge in [0, 0.05) is 47.6 Å². The van der Waals surface area contributed by atoms with Crippen molar-refractivity contribution in [2.24, 2.45) is 0 Å². The van der Waals surface area contributed by atoms with Crippen LogP contribution in [0.2, 0.25) is 0 Å². The molecule has 3 heterocycles. The molecule has 0 unspecified atom stereocenters. The predicted octanol–water partition coefficient (Wildman–Crippen LogP) is 14.1. The molecule has 0 amide bonds. The van der Waals surface area contributed by atoms with Gasteiger partial charge in [-0.3, -0.25) is 0 Å². The number of aromatic nitrogens is 3. The number of thiophene rings is 1. The Morgan fingerprint density at radius 3 is 1.68 bits per heavy atom. The molecule has 5 heteroatoms. The van der Waals surface area contributed by atoms with Gasteiger partial charge in [0.15, 0.2) is 17.5 Å². The van der Waals surface area contributed by atoms with Crippen molar-refractivity contribution in [2.45, 2.75) is 0 Å². The molecule has 0 saturated heterocycles. The maximum absolute atomic E-state index is 6.23. The Hall–Kier alpha value is -7.21. The summed E-state index contributed by atoms with van der Waals surface area (Å²) >= 11 is 1.84. The molecule has 3 aromatic heterocycles. The van der Waals surface area contributed by atoms with Crippen LogP contribution in [0.15, 0.2) is 192 Å². The molecule has 4 nitrogen and oxygen atoms in total. The summed E-state index contributed by atoms with van der Waals surface area (Å²) in [6.45, 7) is 0. The minimum Gasteiger partial charge on any atom is -0.456 e. The molecule has 0 spiro atoms. The first-order chi connectivity index (χ1) is 27.7. The van der Waals surface area contributed by atoms with Gasteiger partial charge in [-0.25, -0.2) is 15.0 Å². The molecule has 0 saturated carbocycles. The number of para-hydroxylation sites is 1. The van der Waals surface area contributed by atoms with Crippen molar-refractivity contribution in [3.63, 3.8) is 0 Å². The van der Waals surface area contributed by atoms with Crippen LogP contribution in [-0.2, 0) is 0 Å². The summed E-state index contributed by atoms with van der Waals surface area (Å²) in [6.07, 6.45) is 0. The molecule has 0 atom stereocenters. The second kappa shape index (κ2) is 13.3. The summed E-state index contributed by atoms with van der Waals surface area (Å²) in [6, 6.07) is 65.8. The van der Waals surface area contributed by atoms with Crippen molar-refractivity contribution < 1.29 is 4.42 Å². The molecule has 56 heavy (non-hydrogen) atoms. The van der Waals surface area contributed by atoms with Crippen LogP contribution >= 0.6 is 11.3 Å². The minimum atomic E-state index is 0.606. The first-order valence-corrected chi connectivity index (χ1v) is 19.5. The van der Waals surface area contributed by atoms with Crippen molar-refractivity contribution >= 4 is 53.4 Å². The first kappa shape index (κ1) is 32.2. The van der Waals surface area contributed by atoms with E-state index in [4.69, 9.17) is 19.4 Å². The lowest BCUT2D eigenvalue weighted by molar-refractivity contribution is 0.669. The molecule has 11 rings (SSSR count). The van der Waals surface area contributed by atoms with Crippen LogP contribution in [0.1, 0.15) is 0 Å². The third kappa shape index (κ3) is 5.56. The van der Waals surface area contributed by atoms with Gasteiger partial charge in [-0.05, 0) is 69.8 Å². The van der Waals surface area contributed by atoms with Crippen LogP contribution in [-0.4, -0.2) is 15.0 Å². The van der Waals surface area contributed by atoms with Gasteiger partial charge in [-0.2, -0.15) is 0 Å². The van der Waals surface area contributed by atoms with Crippen LogP contribution in [0.25, 0.3) is 110 Å². The molecule has 0 bridgehead atoms. The fourth-order valence-electron chi connectivity index (χ4n) is 7.86. The van der Waals surface area contributed by atoms with Gasteiger partial charge >= 0.3 is 0 Å². The summed E-state index contributed by atoms with van der Waals surface area (Å²) in [5.74, 6) is 1.85. The smallest absolute Gasteiger partial charge is 0.164 e. The van der Waals surface area contributed by atoms with E-state index in [1.807, 2.05) is 72.0 Å². The highest BCUT2D eigenvalue weighted by Gasteiger charge is 2.18. The van der Waals surface area contributed by atoms with Crippen LogP contribution in [0.5, 0.6) is 0 Å². The van der Waals surface area contributed by atoms with Crippen molar-refractivity contribution in [1.29, 1.82) is 0 Å². The molecule has 0 aliphatic carbocycles. The molecule has 8 aromatic carbocycles. The standard InChI is InChI=1S/C51H31N3OS/c1-3-12-32(13-4-1)36-16-9-17-37(30-36)38-28-29-45-42(31-38)48-39(19-11-23-46(48)56-45)33-24-26-35(27-25-33)50-52-49(34-14-5-2-6-15-34)53-51(54-50)41-20-10-22-44-47(41)40-18-7-8-21-43(40)55-44/h1-31H. The van der Waals surface area contributed by atoms with E-state index in [-0.39, 0.29) is 0 Å². The SMILES string of the molecule is c1ccc(-c2cccc(-c3ccc4sc5cccc(-c6ccc(-c7nc(-c8ccccc8)nc(-c8cccc9oc%10ccccc%10c89)n7)cc6)c5c4c3)c2)cc1. The van der Waals surface area contributed by atoms with Gasteiger partial charge in [0.05, 0.1) is 0 Å². The van der Waals surface area contributed by atoms with Gasteiger partial charge in [0.1, 0.15) is 11.2 Å². The van der Waals surface area contributed by atoms with E-state index in [9.17, 15) is 0 Å². The molecule has 262 valence electrons. The number of furan rings is 1. The summed E-state index contributed by atoms with van der Waals surface area (Å²) in [5.41, 5.74) is 11.6. The Labute approximate surface area is 327 Å². The number of hydrogen-bond acceptors (Lipinski definition) is 5. The lowest BCUT2D eigenvalue weighted by Crippen LogP contribution is -2.00. The topological polar surface area (TPSA) is 51.8 Å². The number of rotatable bonds is 6. The van der Waals surface area contributed by atoms with E-state index in [1.165, 1.54) is 48.0 Å². The summed E-state index contributed by atoms with van der Waals surface area (Å²) in [5, 5.41) is 4.57. The summed E-state index contributed by atoms with van der Waals surface area (Å²) in [7, 11) is 0. The Kier molecular flexibility index (Phi) is 7.64. The van der Waals surface area contributed by atoms with Gasteiger partial charge in [0.25, 0.3) is 0 Å². The zero-order chi connectivity index (χ0) is 37.0. The third-order valence-corrected chi connectivity index (χ3v) is 11.7. The van der Waals surface area contributed by atoms with E-state index >= 15 is 0 Å². The van der Waals surface area contributed by atoms with Crippen molar-refractivity contribution in [2.75, 3.05) is 0 Å². The van der Waals surface area contributed by atoms with Gasteiger partial charge in [-0.1, -0.05) is 152 Å². The van der Waals surface area contributed by atoms with E-state index in [1.54, 1.807) is 0 Å². The van der Waals surface area contributed by atoms with Crippen LogP contribution in [0.3, 0.4) is 0 Å². The van der Waals surface area contributed by atoms with Crippen LogP contribution in [0, 0.1) is 0 Å². The normalized spacial score (nSPS) is 11.6. The van der Waals surface area contributed by atoms with Crippen molar-refractivity contribution in [1.82, 2.24) is 15.0 Å². The van der Waals surface area contributed by atoms with E-state index in [0.29, 0.717) is 17.5 Å². The van der Waals surface area contributed by atoms with Gasteiger partial charge < -0.3 is 4.42 Å². The van der Waals surface area contributed by atoms with Crippen molar-refractivity contribution in [3.05, 3.63) is 188 Å². The molecule has 11 aromatic rings. The lowest BCUT2D eigenvalue weighted by atomic mass is 9.95. The maximum atomic E-state index is 6.23. The molecular formula is C51H31N3OS. The highest BCUT2D eigenvalue weighted by molar-refractivity contribution is 7.26. The second-order valence-electron chi connectivity index (χ2n) is 14.0. The zero-order valence-electron chi connectivity index (χ0n) is 30.1. The largest absolute Gasteiger partial charge is 0.456 e.